The van der Waals surface area contributed by atoms with E-state index < -0.39 is 0 Å². The van der Waals surface area contributed by atoms with Crippen LogP contribution in [-0.2, 0) is 0 Å². The number of para-hydroxylation sites is 1. The smallest absolute Gasteiger partial charge is 0.165 e. The molecule has 0 aliphatic carbocycles. The van der Waals surface area contributed by atoms with Gasteiger partial charge in [0.25, 0.3) is 0 Å². The van der Waals surface area contributed by atoms with Crippen molar-refractivity contribution in [3.05, 3.63) is 36.4 Å². The molecule has 1 N–H and O–H groups in total. The molecule has 3 nitrogen and oxygen atoms in total. The highest BCUT2D eigenvalue weighted by atomic mass is 16.5. The predicted molar refractivity (Wildman–Crippen MR) is 66.2 cm³/mol. The zero-order valence-electron chi connectivity index (χ0n) is 10.1. The summed E-state index contributed by atoms with van der Waals surface area (Å²) in [5, 5.41) is 3.32. The highest BCUT2D eigenvalue weighted by Crippen LogP contribution is 2.34. The lowest BCUT2D eigenvalue weighted by Gasteiger charge is -2.18. The first-order valence-electron chi connectivity index (χ1n) is 5.35. The van der Waals surface area contributed by atoms with Gasteiger partial charge in [-0.3, -0.25) is 0 Å². The molecule has 3 heteroatoms. The van der Waals surface area contributed by atoms with Crippen LogP contribution in [0.4, 0.5) is 0 Å². The van der Waals surface area contributed by atoms with Crippen molar-refractivity contribution in [3.63, 3.8) is 0 Å². The minimum Gasteiger partial charge on any atom is -0.493 e. The third-order valence-electron chi connectivity index (χ3n) is 2.43. The van der Waals surface area contributed by atoms with Crippen LogP contribution in [-0.4, -0.2) is 20.8 Å². The number of rotatable bonds is 6. The number of ether oxygens (including phenoxy) is 2. The second-order valence-corrected chi connectivity index (χ2v) is 3.35. The van der Waals surface area contributed by atoms with E-state index in [0.717, 1.165) is 23.6 Å². The number of nitrogens with one attached hydrogen (secondary N) is 1. The predicted octanol–water partition coefficient (Wildman–Crippen LogP) is 2.54. The van der Waals surface area contributed by atoms with Gasteiger partial charge in [-0.2, -0.15) is 0 Å². The molecule has 0 aliphatic heterocycles. The van der Waals surface area contributed by atoms with E-state index >= 15 is 0 Å². The summed E-state index contributed by atoms with van der Waals surface area (Å²) in [6.45, 7) is 6.76. The molecule has 0 radical (unpaired) electrons. The molecule has 0 aromatic heterocycles. The molecule has 16 heavy (non-hydrogen) atoms. The Morgan fingerprint density at radius 3 is 2.62 bits per heavy atom. The second-order valence-electron chi connectivity index (χ2n) is 3.35. The van der Waals surface area contributed by atoms with Gasteiger partial charge in [-0.05, 0) is 12.6 Å². The molecule has 1 rings (SSSR count). The minimum atomic E-state index is 0.0787. The Kier molecular flexibility index (Phi) is 4.86. The van der Waals surface area contributed by atoms with Crippen LogP contribution in [0, 0.1) is 0 Å². The van der Waals surface area contributed by atoms with Crippen LogP contribution in [0.15, 0.2) is 30.9 Å². The number of benzene rings is 1. The largest absolute Gasteiger partial charge is 0.493 e. The Hall–Kier alpha value is -1.48. The van der Waals surface area contributed by atoms with Crippen molar-refractivity contribution in [2.45, 2.75) is 13.0 Å². The maximum absolute atomic E-state index is 5.38. The van der Waals surface area contributed by atoms with Crippen LogP contribution in [0.1, 0.15) is 18.5 Å². The van der Waals surface area contributed by atoms with Crippen LogP contribution in [0.25, 0.3) is 0 Å². The Bertz CT molecular complexity index is 350. The molecule has 1 atom stereocenters. The summed E-state index contributed by atoms with van der Waals surface area (Å²) in [7, 11) is 3.28. The van der Waals surface area contributed by atoms with Gasteiger partial charge in [0.05, 0.1) is 20.3 Å². The Morgan fingerprint density at radius 1 is 1.38 bits per heavy atom. The molecule has 1 unspecified atom stereocenters. The maximum atomic E-state index is 5.38. The standard InChI is InChI=1S/C13H19NO2/c1-5-11(14-6-2)10-8-7-9-12(15-3)13(10)16-4/h5,7-9,11,14H,1,6H2,2-4H3. The van der Waals surface area contributed by atoms with Crippen molar-refractivity contribution in [1.82, 2.24) is 5.32 Å². The second kappa shape index (κ2) is 6.18. The molecule has 0 heterocycles. The highest BCUT2D eigenvalue weighted by Gasteiger charge is 2.15. The van der Waals surface area contributed by atoms with E-state index in [9.17, 15) is 0 Å². The van der Waals surface area contributed by atoms with E-state index in [2.05, 4.69) is 18.8 Å². The van der Waals surface area contributed by atoms with Gasteiger partial charge in [0.2, 0.25) is 0 Å². The van der Waals surface area contributed by atoms with Gasteiger partial charge >= 0.3 is 0 Å². The van der Waals surface area contributed by atoms with E-state index in [0.29, 0.717) is 0 Å². The summed E-state index contributed by atoms with van der Waals surface area (Å²) in [5.74, 6) is 1.50. The van der Waals surface area contributed by atoms with Crippen molar-refractivity contribution in [1.29, 1.82) is 0 Å². The van der Waals surface area contributed by atoms with Crippen LogP contribution < -0.4 is 14.8 Å². The first-order valence-corrected chi connectivity index (χ1v) is 5.35. The zero-order valence-corrected chi connectivity index (χ0v) is 10.1. The molecule has 0 fully saturated rings. The van der Waals surface area contributed by atoms with E-state index in [1.54, 1.807) is 14.2 Å². The summed E-state index contributed by atoms with van der Waals surface area (Å²) < 4.78 is 10.6. The first kappa shape index (κ1) is 12.6. The third-order valence-corrected chi connectivity index (χ3v) is 2.43. The first-order chi connectivity index (χ1) is 7.78. The quantitative estimate of drug-likeness (QED) is 0.749. The number of likely N-dealkylation sites (N-methyl/N-ethyl adjacent to an activating group) is 1. The van der Waals surface area contributed by atoms with Crippen molar-refractivity contribution in [3.8, 4) is 11.5 Å². The molecule has 0 amide bonds. The Labute approximate surface area is 97.1 Å². The average Bonchev–Trinajstić information content (AvgIpc) is 2.34. The number of hydrogen-bond donors (Lipinski definition) is 1. The summed E-state index contributed by atoms with van der Waals surface area (Å²) in [5.41, 5.74) is 1.04. The van der Waals surface area contributed by atoms with Crippen molar-refractivity contribution >= 4 is 0 Å². The minimum absolute atomic E-state index is 0.0787. The van der Waals surface area contributed by atoms with Gasteiger partial charge in [-0.15, -0.1) is 6.58 Å². The van der Waals surface area contributed by atoms with Gasteiger partial charge in [0.1, 0.15) is 0 Å². The summed E-state index contributed by atoms with van der Waals surface area (Å²) >= 11 is 0. The fourth-order valence-electron chi connectivity index (χ4n) is 1.70. The number of hydrogen-bond acceptors (Lipinski definition) is 3. The Balaban J connectivity index is 3.14. The van der Waals surface area contributed by atoms with Crippen LogP contribution in [0.2, 0.25) is 0 Å². The molecule has 0 spiro atoms. The molecule has 0 bridgehead atoms. The maximum Gasteiger partial charge on any atom is 0.165 e. The molecule has 88 valence electrons. The fourth-order valence-corrected chi connectivity index (χ4v) is 1.70. The average molecular weight is 221 g/mol. The number of methoxy groups -OCH3 is 2. The molecular weight excluding hydrogens is 202 g/mol. The van der Waals surface area contributed by atoms with E-state index in [-0.39, 0.29) is 6.04 Å². The van der Waals surface area contributed by atoms with Gasteiger partial charge < -0.3 is 14.8 Å². The summed E-state index contributed by atoms with van der Waals surface area (Å²) in [6.07, 6.45) is 1.86. The summed E-state index contributed by atoms with van der Waals surface area (Å²) in [6, 6.07) is 5.92. The van der Waals surface area contributed by atoms with Crippen molar-refractivity contribution in [2.75, 3.05) is 20.8 Å². The molecule has 1 aromatic rings. The molecule has 1 aromatic carbocycles. The van der Waals surface area contributed by atoms with Crippen molar-refractivity contribution in [2.24, 2.45) is 0 Å². The lowest BCUT2D eigenvalue weighted by Crippen LogP contribution is -2.19. The van der Waals surface area contributed by atoms with Crippen LogP contribution in [0.5, 0.6) is 11.5 Å². The lowest BCUT2D eigenvalue weighted by molar-refractivity contribution is 0.349. The molecule has 0 saturated carbocycles. The zero-order chi connectivity index (χ0) is 12.0. The van der Waals surface area contributed by atoms with Crippen LogP contribution in [0.3, 0.4) is 0 Å². The SMILES string of the molecule is C=CC(NCC)c1cccc(OC)c1OC. The van der Waals surface area contributed by atoms with E-state index in [4.69, 9.17) is 9.47 Å². The van der Waals surface area contributed by atoms with Gasteiger partial charge in [0, 0.05) is 5.56 Å². The van der Waals surface area contributed by atoms with E-state index in [1.165, 1.54) is 0 Å². The molecule has 0 aliphatic rings. The normalized spacial score (nSPS) is 11.9. The topological polar surface area (TPSA) is 30.5 Å². The third kappa shape index (κ3) is 2.55. The van der Waals surface area contributed by atoms with Gasteiger partial charge in [-0.1, -0.05) is 25.1 Å². The lowest BCUT2D eigenvalue weighted by atomic mass is 10.1. The van der Waals surface area contributed by atoms with Gasteiger partial charge in [-0.25, -0.2) is 0 Å². The molecule has 0 saturated heterocycles. The Morgan fingerprint density at radius 2 is 2.12 bits per heavy atom. The van der Waals surface area contributed by atoms with Crippen molar-refractivity contribution < 1.29 is 9.47 Å². The van der Waals surface area contributed by atoms with Gasteiger partial charge in [0.15, 0.2) is 11.5 Å². The fraction of sp³-hybridized carbons (Fsp3) is 0.385. The highest BCUT2D eigenvalue weighted by molar-refractivity contribution is 5.49. The monoisotopic (exact) mass is 221 g/mol. The molecular formula is C13H19NO2. The van der Waals surface area contributed by atoms with Crippen LogP contribution >= 0.6 is 0 Å². The summed E-state index contributed by atoms with van der Waals surface area (Å²) in [4.78, 5) is 0. The van der Waals surface area contributed by atoms with E-state index in [1.807, 2.05) is 24.3 Å².